The number of fused-ring (bicyclic) bond motifs is 10. The van der Waals surface area contributed by atoms with E-state index in [2.05, 4.69) is 52.1 Å². The van der Waals surface area contributed by atoms with Crippen molar-refractivity contribution >= 4 is 35.8 Å². The lowest BCUT2D eigenvalue weighted by molar-refractivity contribution is 0.0535. The molecular formula is C31H32O4Si. The van der Waals surface area contributed by atoms with Crippen molar-refractivity contribution in [2.24, 2.45) is 0 Å². The monoisotopic (exact) mass is 496 g/mol. The maximum absolute atomic E-state index is 12.6. The fraction of sp³-hybridized carbons (Fsp3) is 0.452. The summed E-state index contributed by atoms with van der Waals surface area (Å²) < 4.78 is 18.9. The fourth-order valence-electron chi connectivity index (χ4n) is 7.33. The SMILES string of the molecule is CC(C)(C)[Si](C)(C)OCc1c2c(c3c4c(c5c6c(cc7c5c(c14)CC7)C(=O)OC6)CC3)[C@H]1C=C[C@@H]2O1. The van der Waals surface area contributed by atoms with E-state index in [1.54, 1.807) is 0 Å². The standard InChI is InChI=1S/C31H32O4Si/c1-31(2,3)36(4,5)34-14-21-27-16-7-6-15-12-19-20(13-33-30(19)32)26(24(15)16)17-8-9-18(25(17)27)28-22-10-11-23(35-22)29(21)28/h10-12,22-23H,6-9,13-14H2,1-5H3/t22-,23+/m1/s1. The van der Waals surface area contributed by atoms with Crippen molar-refractivity contribution < 1.29 is 18.7 Å². The first-order chi connectivity index (χ1) is 17.2. The van der Waals surface area contributed by atoms with Gasteiger partial charge in [-0.15, -0.1) is 0 Å². The maximum atomic E-state index is 12.6. The Morgan fingerprint density at radius 1 is 0.889 bits per heavy atom. The molecule has 5 aliphatic rings. The highest BCUT2D eigenvalue weighted by atomic mass is 28.4. The van der Waals surface area contributed by atoms with Gasteiger partial charge >= 0.3 is 5.97 Å². The highest BCUT2D eigenvalue weighted by Gasteiger charge is 2.44. The van der Waals surface area contributed by atoms with Crippen LogP contribution in [0.1, 0.15) is 87.8 Å². The number of ether oxygens (including phenoxy) is 2. The average Bonchev–Trinajstić information content (AvgIpc) is 3.64. The molecule has 2 atom stereocenters. The number of carbonyl (C=O) groups is 1. The Morgan fingerprint density at radius 2 is 1.56 bits per heavy atom. The molecule has 0 saturated carbocycles. The van der Waals surface area contributed by atoms with Gasteiger partial charge in [-0.3, -0.25) is 0 Å². The van der Waals surface area contributed by atoms with Crippen LogP contribution in [-0.2, 0) is 52.8 Å². The van der Waals surface area contributed by atoms with Crippen LogP contribution in [0.3, 0.4) is 0 Å². The minimum Gasteiger partial charge on any atom is -0.457 e. The van der Waals surface area contributed by atoms with E-state index in [0.717, 1.165) is 36.8 Å². The molecule has 4 nitrogen and oxygen atoms in total. The van der Waals surface area contributed by atoms with Gasteiger partial charge in [-0.05, 0) is 110 Å². The van der Waals surface area contributed by atoms with E-state index in [1.165, 1.54) is 60.5 Å². The summed E-state index contributed by atoms with van der Waals surface area (Å²) in [7, 11) is -1.94. The van der Waals surface area contributed by atoms with Crippen molar-refractivity contribution in [2.75, 3.05) is 0 Å². The van der Waals surface area contributed by atoms with Crippen LogP contribution in [0, 0.1) is 0 Å². The van der Waals surface area contributed by atoms with Gasteiger partial charge in [-0.2, -0.15) is 0 Å². The molecule has 3 aliphatic heterocycles. The van der Waals surface area contributed by atoms with Crippen LogP contribution < -0.4 is 0 Å². The Bertz CT molecular complexity index is 1600. The molecule has 8 rings (SSSR count). The summed E-state index contributed by atoms with van der Waals surface area (Å²) in [5.74, 6) is -0.157. The molecule has 3 aromatic rings. The summed E-state index contributed by atoms with van der Waals surface area (Å²) in [6.07, 6.45) is 8.68. The molecule has 0 fully saturated rings. The van der Waals surface area contributed by atoms with E-state index < -0.39 is 8.32 Å². The Kier molecular flexibility index (Phi) is 4.01. The second-order valence-electron chi connectivity index (χ2n) is 12.8. The van der Waals surface area contributed by atoms with E-state index in [1.807, 2.05) is 0 Å². The van der Waals surface area contributed by atoms with Crippen molar-refractivity contribution in [3.05, 3.63) is 68.3 Å². The molecule has 0 saturated heterocycles. The van der Waals surface area contributed by atoms with E-state index in [9.17, 15) is 4.79 Å². The van der Waals surface area contributed by atoms with Gasteiger partial charge in [-0.25, -0.2) is 4.79 Å². The van der Waals surface area contributed by atoms with Crippen molar-refractivity contribution in [3.8, 4) is 0 Å². The quantitative estimate of drug-likeness (QED) is 0.168. The van der Waals surface area contributed by atoms with Gasteiger partial charge in [0.2, 0.25) is 0 Å². The number of aryl methyl sites for hydroxylation is 4. The third-order valence-corrected chi connectivity index (χ3v) is 14.5. The summed E-state index contributed by atoms with van der Waals surface area (Å²) in [5.41, 5.74) is 11.8. The molecule has 0 unspecified atom stereocenters. The van der Waals surface area contributed by atoms with E-state index >= 15 is 0 Å². The number of rotatable bonds is 3. The second-order valence-corrected chi connectivity index (χ2v) is 17.6. The molecule has 36 heavy (non-hydrogen) atoms. The predicted octanol–water partition coefficient (Wildman–Crippen LogP) is 7.06. The molecule has 5 heteroatoms. The van der Waals surface area contributed by atoms with Crippen molar-refractivity contribution in [3.63, 3.8) is 0 Å². The lowest BCUT2D eigenvalue weighted by atomic mass is 9.81. The zero-order valence-corrected chi connectivity index (χ0v) is 22.8. The van der Waals surface area contributed by atoms with Gasteiger partial charge in [0.1, 0.15) is 18.8 Å². The van der Waals surface area contributed by atoms with Crippen molar-refractivity contribution in [2.45, 2.75) is 90.0 Å². The molecule has 2 bridgehead atoms. The lowest BCUT2D eigenvalue weighted by Crippen LogP contribution is -2.40. The molecular weight excluding hydrogens is 464 g/mol. The molecule has 0 amide bonds. The number of hydrogen-bond acceptors (Lipinski definition) is 4. The number of esters is 1. The highest BCUT2D eigenvalue weighted by molar-refractivity contribution is 6.74. The van der Waals surface area contributed by atoms with Gasteiger partial charge < -0.3 is 13.9 Å². The largest absolute Gasteiger partial charge is 0.457 e. The highest BCUT2D eigenvalue weighted by Crippen LogP contribution is 2.57. The molecule has 3 heterocycles. The topological polar surface area (TPSA) is 44.8 Å². The summed E-state index contributed by atoms with van der Waals surface area (Å²) in [5, 5.41) is 5.76. The van der Waals surface area contributed by atoms with Crippen LogP contribution >= 0.6 is 0 Å². The molecule has 0 aromatic heterocycles. The zero-order chi connectivity index (χ0) is 24.7. The van der Waals surface area contributed by atoms with Crippen molar-refractivity contribution in [1.82, 2.24) is 0 Å². The van der Waals surface area contributed by atoms with E-state index in [-0.39, 0.29) is 23.2 Å². The molecule has 2 aliphatic carbocycles. The van der Waals surface area contributed by atoms with E-state index in [0.29, 0.717) is 13.2 Å². The summed E-state index contributed by atoms with van der Waals surface area (Å²) >= 11 is 0. The summed E-state index contributed by atoms with van der Waals surface area (Å²) in [6.45, 7) is 12.7. The number of cyclic esters (lactones) is 1. The predicted molar refractivity (Wildman–Crippen MR) is 143 cm³/mol. The van der Waals surface area contributed by atoms with E-state index in [4.69, 9.17) is 13.9 Å². The minimum absolute atomic E-state index is 0.0440. The van der Waals surface area contributed by atoms with Gasteiger partial charge in [0.05, 0.1) is 12.2 Å². The van der Waals surface area contributed by atoms with Gasteiger partial charge in [0, 0.05) is 5.56 Å². The Morgan fingerprint density at radius 3 is 2.33 bits per heavy atom. The number of hydrogen-bond donors (Lipinski definition) is 0. The van der Waals surface area contributed by atoms with Crippen LogP contribution in [-0.4, -0.2) is 14.3 Å². The van der Waals surface area contributed by atoms with Crippen molar-refractivity contribution in [1.29, 1.82) is 0 Å². The van der Waals surface area contributed by atoms with Crippen LogP contribution in [0.15, 0.2) is 18.2 Å². The average molecular weight is 497 g/mol. The normalized spacial score (nSPS) is 22.9. The van der Waals surface area contributed by atoms with Crippen LogP contribution in [0.2, 0.25) is 18.1 Å². The third kappa shape index (κ3) is 2.49. The second kappa shape index (κ2) is 6.69. The first kappa shape index (κ1) is 21.6. The zero-order valence-electron chi connectivity index (χ0n) is 21.8. The first-order valence-corrected chi connectivity index (χ1v) is 16.3. The number of carbonyl (C=O) groups excluding carboxylic acids is 1. The smallest absolute Gasteiger partial charge is 0.338 e. The van der Waals surface area contributed by atoms with Gasteiger partial charge in [-0.1, -0.05) is 32.9 Å². The summed E-state index contributed by atoms with van der Waals surface area (Å²) in [6, 6.07) is 2.13. The molecule has 3 aromatic carbocycles. The van der Waals surface area contributed by atoms with Gasteiger partial charge in [0.25, 0.3) is 0 Å². The van der Waals surface area contributed by atoms with Crippen LogP contribution in [0.25, 0.3) is 21.5 Å². The third-order valence-electron chi connectivity index (χ3n) is 10.1. The first-order valence-electron chi connectivity index (χ1n) is 13.4. The molecule has 184 valence electrons. The van der Waals surface area contributed by atoms with Gasteiger partial charge in [0.15, 0.2) is 8.32 Å². The van der Waals surface area contributed by atoms with Crippen LogP contribution in [0.4, 0.5) is 0 Å². The number of benzene rings is 3. The molecule has 0 spiro atoms. The Balaban J connectivity index is 1.48. The maximum Gasteiger partial charge on any atom is 0.338 e. The molecule has 0 radical (unpaired) electrons. The lowest BCUT2D eigenvalue weighted by Gasteiger charge is -2.36. The summed E-state index contributed by atoms with van der Waals surface area (Å²) in [4.78, 5) is 12.6. The molecule has 0 N–H and O–H groups in total. The van der Waals surface area contributed by atoms with Crippen LogP contribution in [0.5, 0.6) is 0 Å². The Hall–Kier alpha value is -2.47. The Labute approximate surface area is 212 Å². The minimum atomic E-state index is -1.94. The fourth-order valence-corrected chi connectivity index (χ4v) is 8.27.